The zero-order valence-corrected chi connectivity index (χ0v) is 12.5. The fraction of sp³-hybridized carbons (Fsp3) is 0.462. The quantitative estimate of drug-likeness (QED) is 0.898. The topological polar surface area (TPSA) is 76.7 Å². The summed E-state index contributed by atoms with van der Waals surface area (Å²) in [6.45, 7) is 8.32. The molecule has 0 bridgehead atoms. The smallest absolute Gasteiger partial charge is 0.135 e. The molecule has 0 saturated carbocycles. The number of thiazole rings is 1. The number of aromatic nitrogens is 3. The van der Waals surface area contributed by atoms with E-state index in [0.29, 0.717) is 5.82 Å². The standard InChI is InChI=1S/C13H19N5S/c1-8(2)9-10(14)16-7-17-11(9)18-13(3,4)12-15-5-6-19-12/h5-8H,1-4H3,(H3,14,16,17,18). The molecule has 102 valence electrons. The van der Waals surface area contributed by atoms with Gasteiger partial charge in [0.05, 0.1) is 5.54 Å². The molecule has 0 aliphatic rings. The van der Waals surface area contributed by atoms with E-state index >= 15 is 0 Å². The minimum Gasteiger partial charge on any atom is -0.383 e. The zero-order chi connectivity index (χ0) is 14.0. The van der Waals surface area contributed by atoms with Gasteiger partial charge in [-0.25, -0.2) is 15.0 Å². The minimum atomic E-state index is -0.293. The molecule has 2 heterocycles. The average molecular weight is 277 g/mol. The van der Waals surface area contributed by atoms with Crippen LogP contribution in [0.2, 0.25) is 0 Å². The van der Waals surface area contributed by atoms with Crippen molar-refractivity contribution in [1.82, 2.24) is 15.0 Å². The number of nitrogens with zero attached hydrogens (tertiary/aromatic N) is 3. The van der Waals surface area contributed by atoms with Crippen molar-refractivity contribution in [3.05, 3.63) is 28.5 Å². The number of anilines is 2. The Balaban J connectivity index is 2.36. The Bertz CT molecular complexity index is 548. The van der Waals surface area contributed by atoms with E-state index in [0.717, 1.165) is 16.4 Å². The molecule has 3 N–H and O–H groups in total. The van der Waals surface area contributed by atoms with Gasteiger partial charge in [0, 0.05) is 17.1 Å². The van der Waals surface area contributed by atoms with Crippen LogP contribution in [0.1, 0.15) is 44.2 Å². The number of nitrogens with one attached hydrogen (secondary N) is 1. The van der Waals surface area contributed by atoms with E-state index in [2.05, 4.69) is 48.0 Å². The van der Waals surface area contributed by atoms with Crippen LogP contribution in [0.25, 0.3) is 0 Å². The van der Waals surface area contributed by atoms with Gasteiger partial charge >= 0.3 is 0 Å². The number of hydrogen-bond donors (Lipinski definition) is 2. The van der Waals surface area contributed by atoms with E-state index in [1.165, 1.54) is 6.33 Å². The molecule has 2 rings (SSSR count). The van der Waals surface area contributed by atoms with Crippen molar-refractivity contribution in [2.45, 2.75) is 39.2 Å². The highest BCUT2D eigenvalue weighted by molar-refractivity contribution is 7.09. The fourth-order valence-corrected chi connectivity index (χ4v) is 2.68. The van der Waals surface area contributed by atoms with Crippen molar-refractivity contribution in [1.29, 1.82) is 0 Å². The summed E-state index contributed by atoms with van der Waals surface area (Å²) in [4.78, 5) is 12.8. The van der Waals surface area contributed by atoms with Crippen LogP contribution in [0.3, 0.4) is 0 Å². The normalized spacial score (nSPS) is 11.8. The van der Waals surface area contributed by atoms with Crippen LogP contribution in [0.4, 0.5) is 11.6 Å². The lowest BCUT2D eigenvalue weighted by Crippen LogP contribution is -2.29. The molecule has 0 unspecified atom stereocenters. The van der Waals surface area contributed by atoms with Gasteiger partial charge in [0.25, 0.3) is 0 Å². The lowest BCUT2D eigenvalue weighted by atomic mass is 10.0. The third-order valence-electron chi connectivity index (χ3n) is 2.89. The van der Waals surface area contributed by atoms with Gasteiger partial charge < -0.3 is 11.1 Å². The van der Waals surface area contributed by atoms with E-state index < -0.39 is 0 Å². The second kappa shape index (κ2) is 5.13. The summed E-state index contributed by atoms with van der Waals surface area (Å²) in [5.74, 6) is 1.57. The molecule has 0 fully saturated rings. The predicted octanol–water partition coefficient (Wildman–Crippen LogP) is 2.99. The molecule has 0 aliphatic heterocycles. The van der Waals surface area contributed by atoms with Crippen molar-refractivity contribution < 1.29 is 0 Å². The van der Waals surface area contributed by atoms with E-state index in [1.807, 2.05) is 5.38 Å². The molecule has 0 amide bonds. The van der Waals surface area contributed by atoms with Crippen molar-refractivity contribution in [3.63, 3.8) is 0 Å². The monoisotopic (exact) mass is 277 g/mol. The van der Waals surface area contributed by atoms with Crippen LogP contribution in [-0.4, -0.2) is 15.0 Å². The first-order chi connectivity index (χ1) is 8.92. The molecular weight excluding hydrogens is 258 g/mol. The number of hydrogen-bond acceptors (Lipinski definition) is 6. The Morgan fingerprint density at radius 2 is 2.00 bits per heavy atom. The molecular formula is C13H19N5S. The van der Waals surface area contributed by atoms with Gasteiger partial charge in [0.15, 0.2) is 0 Å². The summed E-state index contributed by atoms with van der Waals surface area (Å²) in [5.41, 5.74) is 6.61. The molecule has 5 nitrogen and oxygen atoms in total. The molecule has 6 heteroatoms. The average Bonchev–Trinajstić information content (AvgIpc) is 2.81. The number of nitrogen functional groups attached to an aromatic ring is 1. The van der Waals surface area contributed by atoms with E-state index in [-0.39, 0.29) is 11.5 Å². The molecule has 0 aliphatic carbocycles. The third-order valence-corrected chi connectivity index (χ3v) is 3.99. The summed E-state index contributed by atoms with van der Waals surface area (Å²) in [5, 5.41) is 6.41. The highest BCUT2D eigenvalue weighted by atomic mass is 32.1. The van der Waals surface area contributed by atoms with Gasteiger partial charge in [-0.05, 0) is 19.8 Å². The summed E-state index contributed by atoms with van der Waals surface area (Å²) in [6, 6.07) is 0. The first kappa shape index (κ1) is 13.7. The number of rotatable bonds is 4. The van der Waals surface area contributed by atoms with Crippen molar-refractivity contribution in [2.24, 2.45) is 0 Å². The SMILES string of the molecule is CC(C)c1c(N)ncnc1NC(C)(C)c1nccs1. The molecule has 0 saturated heterocycles. The van der Waals surface area contributed by atoms with Crippen molar-refractivity contribution in [2.75, 3.05) is 11.1 Å². The van der Waals surface area contributed by atoms with Gasteiger partial charge in [-0.1, -0.05) is 13.8 Å². The second-order valence-corrected chi connectivity index (χ2v) is 6.16. The largest absolute Gasteiger partial charge is 0.383 e. The second-order valence-electron chi connectivity index (χ2n) is 5.26. The van der Waals surface area contributed by atoms with E-state index in [4.69, 9.17) is 5.73 Å². The highest BCUT2D eigenvalue weighted by Crippen LogP contribution is 2.32. The van der Waals surface area contributed by atoms with Crippen LogP contribution in [0.15, 0.2) is 17.9 Å². The summed E-state index contributed by atoms with van der Waals surface area (Å²) in [6.07, 6.45) is 3.29. The Morgan fingerprint density at radius 3 is 2.58 bits per heavy atom. The van der Waals surface area contributed by atoms with Crippen LogP contribution >= 0.6 is 11.3 Å². The summed E-state index contributed by atoms with van der Waals surface area (Å²) >= 11 is 1.62. The molecule has 0 atom stereocenters. The Kier molecular flexibility index (Phi) is 3.71. The molecule has 0 radical (unpaired) electrons. The maximum Gasteiger partial charge on any atom is 0.135 e. The lowest BCUT2D eigenvalue weighted by molar-refractivity contribution is 0.598. The Labute approximate surface area is 117 Å². The first-order valence-corrected chi connectivity index (χ1v) is 7.08. The van der Waals surface area contributed by atoms with Crippen LogP contribution in [0.5, 0.6) is 0 Å². The fourth-order valence-electron chi connectivity index (χ4n) is 1.96. The predicted molar refractivity (Wildman–Crippen MR) is 79.3 cm³/mol. The zero-order valence-electron chi connectivity index (χ0n) is 11.6. The molecule has 0 aromatic carbocycles. The van der Waals surface area contributed by atoms with Gasteiger partial charge in [-0.2, -0.15) is 0 Å². The maximum atomic E-state index is 5.96. The lowest BCUT2D eigenvalue weighted by Gasteiger charge is -2.26. The summed E-state index contributed by atoms with van der Waals surface area (Å²) < 4.78 is 0. The maximum absolute atomic E-state index is 5.96. The van der Waals surface area contributed by atoms with Gasteiger partial charge in [0.1, 0.15) is 23.0 Å². The molecule has 2 aromatic heterocycles. The van der Waals surface area contributed by atoms with E-state index in [9.17, 15) is 0 Å². The molecule has 0 spiro atoms. The third kappa shape index (κ3) is 2.84. The van der Waals surface area contributed by atoms with Crippen molar-refractivity contribution in [3.8, 4) is 0 Å². The van der Waals surface area contributed by atoms with Crippen LogP contribution in [0, 0.1) is 0 Å². The van der Waals surface area contributed by atoms with Gasteiger partial charge in [-0.15, -0.1) is 11.3 Å². The number of nitrogens with two attached hydrogens (primary N) is 1. The minimum absolute atomic E-state index is 0.260. The Hall–Kier alpha value is -1.69. The van der Waals surface area contributed by atoms with Gasteiger partial charge in [-0.3, -0.25) is 0 Å². The first-order valence-electron chi connectivity index (χ1n) is 6.20. The van der Waals surface area contributed by atoms with Crippen molar-refractivity contribution >= 4 is 23.0 Å². The van der Waals surface area contributed by atoms with Crippen LogP contribution in [-0.2, 0) is 5.54 Å². The summed E-state index contributed by atoms with van der Waals surface area (Å²) in [7, 11) is 0. The van der Waals surface area contributed by atoms with E-state index in [1.54, 1.807) is 17.5 Å². The van der Waals surface area contributed by atoms with Gasteiger partial charge in [0.2, 0.25) is 0 Å². The molecule has 2 aromatic rings. The molecule has 19 heavy (non-hydrogen) atoms. The van der Waals surface area contributed by atoms with Crippen LogP contribution < -0.4 is 11.1 Å². The Morgan fingerprint density at radius 1 is 1.26 bits per heavy atom. The highest BCUT2D eigenvalue weighted by Gasteiger charge is 2.26.